The predicted molar refractivity (Wildman–Crippen MR) is 92.0 cm³/mol. The molecule has 6 nitrogen and oxygen atoms in total. The quantitative estimate of drug-likeness (QED) is 0.686. The van der Waals surface area contributed by atoms with Crippen LogP contribution in [0.1, 0.15) is 41.4 Å². The molecule has 1 atom stereocenters. The lowest BCUT2D eigenvalue weighted by atomic mass is 10.2. The van der Waals surface area contributed by atoms with E-state index < -0.39 is 0 Å². The Bertz CT molecular complexity index is 665. The summed E-state index contributed by atoms with van der Waals surface area (Å²) in [7, 11) is 0. The number of carbonyl (C=O) groups is 1. The Morgan fingerprint density at radius 3 is 3.04 bits per heavy atom. The van der Waals surface area contributed by atoms with Crippen molar-refractivity contribution >= 4 is 5.97 Å². The van der Waals surface area contributed by atoms with E-state index in [0.29, 0.717) is 24.5 Å². The van der Waals surface area contributed by atoms with Gasteiger partial charge in [0.25, 0.3) is 0 Å². The van der Waals surface area contributed by atoms with Crippen LogP contribution < -0.4 is 0 Å². The van der Waals surface area contributed by atoms with Gasteiger partial charge in [0.2, 0.25) is 0 Å². The van der Waals surface area contributed by atoms with Gasteiger partial charge in [0.15, 0.2) is 0 Å². The lowest BCUT2D eigenvalue weighted by molar-refractivity contribution is 0.0515. The molecule has 134 valence electrons. The van der Waals surface area contributed by atoms with Gasteiger partial charge < -0.3 is 13.9 Å². The number of rotatable bonds is 8. The van der Waals surface area contributed by atoms with E-state index >= 15 is 0 Å². The average molecular weight is 344 g/mol. The fourth-order valence-corrected chi connectivity index (χ4v) is 3.07. The van der Waals surface area contributed by atoms with E-state index in [2.05, 4.69) is 9.88 Å². The van der Waals surface area contributed by atoms with Gasteiger partial charge >= 0.3 is 5.97 Å². The Kier molecular flexibility index (Phi) is 6.19. The second kappa shape index (κ2) is 8.78. The van der Waals surface area contributed by atoms with Crippen LogP contribution in [0.3, 0.4) is 0 Å². The van der Waals surface area contributed by atoms with Crippen molar-refractivity contribution in [1.29, 1.82) is 0 Å². The number of esters is 1. The maximum atomic E-state index is 12.1. The van der Waals surface area contributed by atoms with Crippen LogP contribution in [0.15, 0.2) is 41.3 Å². The molecule has 2 aromatic heterocycles. The van der Waals surface area contributed by atoms with Gasteiger partial charge in [-0.05, 0) is 37.5 Å². The molecule has 6 heteroatoms. The van der Waals surface area contributed by atoms with E-state index in [-0.39, 0.29) is 12.1 Å². The summed E-state index contributed by atoms with van der Waals surface area (Å²) in [5.74, 6) is 0.282. The fourth-order valence-electron chi connectivity index (χ4n) is 3.07. The summed E-state index contributed by atoms with van der Waals surface area (Å²) in [5.41, 5.74) is 1.61. The standard InChI is InChI=1S/C19H24N2O4/c1-2-23-19(22)17-7-10-25-18(17)14-21(13-16-6-4-9-24-16)12-15-5-3-8-20-11-15/h3,5,7-8,10-11,16H,2,4,6,9,12-14H2,1H3/t16-/m1/s1. The lowest BCUT2D eigenvalue weighted by Gasteiger charge is -2.24. The van der Waals surface area contributed by atoms with Crippen LogP contribution in [0.5, 0.6) is 0 Å². The largest absolute Gasteiger partial charge is 0.467 e. The van der Waals surface area contributed by atoms with Crippen molar-refractivity contribution in [2.24, 2.45) is 0 Å². The summed E-state index contributed by atoms with van der Waals surface area (Å²) in [6.07, 6.45) is 7.54. The number of pyridine rings is 1. The van der Waals surface area contributed by atoms with Crippen LogP contribution in [0, 0.1) is 0 Å². The Morgan fingerprint density at radius 1 is 1.40 bits per heavy atom. The number of furan rings is 1. The van der Waals surface area contributed by atoms with Gasteiger partial charge in [-0.25, -0.2) is 4.79 Å². The second-order valence-corrected chi connectivity index (χ2v) is 6.14. The normalized spacial score (nSPS) is 17.1. The molecule has 0 spiro atoms. The Labute approximate surface area is 147 Å². The van der Waals surface area contributed by atoms with E-state index in [1.165, 1.54) is 6.26 Å². The molecule has 1 saturated heterocycles. The molecule has 3 rings (SSSR count). The van der Waals surface area contributed by atoms with Gasteiger partial charge in [0.05, 0.1) is 25.5 Å². The van der Waals surface area contributed by atoms with Crippen molar-refractivity contribution in [3.8, 4) is 0 Å². The van der Waals surface area contributed by atoms with Crippen molar-refractivity contribution in [3.63, 3.8) is 0 Å². The minimum atomic E-state index is -0.343. The lowest BCUT2D eigenvalue weighted by Crippen LogP contribution is -2.32. The van der Waals surface area contributed by atoms with Gasteiger partial charge in [-0.2, -0.15) is 0 Å². The highest BCUT2D eigenvalue weighted by molar-refractivity contribution is 5.90. The summed E-state index contributed by atoms with van der Waals surface area (Å²) in [5, 5.41) is 0. The van der Waals surface area contributed by atoms with Crippen LogP contribution in [0.4, 0.5) is 0 Å². The van der Waals surface area contributed by atoms with Crippen molar-refractivity contribution in [3.05, 3.63) is 53.7 Å². The number of carbonyl (C=O) groups excluding carboxylic acids is 1. The predicted octanol–water partition coefficient (Wildman–Crippen LogP) is 3.03. The molecule has 0 saturated carbocycles. The maximum absolute atomic E-state index is 12.1. The molecule has 3 heterocycles. The van der Waals surface area contributed by atoms with E-state index in [0.717, 1.165) is 38.1 Å². The van der Waals surface area contributed by atoms with Gasteiger partial charge in [-0.1, -0.05) is 6.07 Å². The first-order valence-electron chi connectivity index (χ1n) is 8.72. The molecule has 0 N–H and O–H groups in total. The fraction of sp³-hybridized carbons (Fsp3) is 0.474. The van der Waals surface area contributed by atoms with Crippen LogP contribution in [-0.4, -0.2) is 41.7 Å². The van der Waals surface area contributed by atoms with E-state index in [9.17, 15) is 4.79 Å². The van der Waals surface area contributed by atoms with Crippen LogP contribution in [-0.2, 0) is 22.6 Å². The maximum Gasteiger partial charge on any atom is 0.341 e. The highest BCUT2D eigenvalue weighted by atomic mass is 16.5. The number of ether oxygens (including phenoxy) is 2. The highest BCUT2D eigenvalue weighted by Crippen LogP contribution is 2.20. The molecule has 0 unspecified atom stereocenters. The highest BCUT2D eigenvalue weighted by Gasteiger charge is 2.23. The van der Waals surface area contributed by atoms with Crippen LogP contribution >= 0.6 is 0 Å². The van der Waals surface area contributed by atoms with Crippen molar-refractivity contribution in [1.82, 2.24) is 9.88 Å². The third-order valence-corrected chi connectivity index (χ3v) is 4.22. The first-order valence-corrected chi connectivity index (χ1v) is 8.72. The molecular formula is C19H24N2O4. The minimum absolute atomic E-state index is 0.220. The summed E-state index contributed by atoms with van der Waals surface area (Å²) < 4.78 is 16.5. The SMILES string of the molecule is CCOC(=O)c1ccoc1CN(Cc1cccnc1)C[C@H]1CCCO1. The molecule has 25 heavy (non-hydrogen) atoms. The molecule has 2 aromatic rings. The van der Waals surface area contributed by atoms with Crippen molar-refractivity contribution in [2.45, 2.75) is 39.0 Å². The van der Waals surface area contributed by atoms with E-state index in [1.807, 2.05) is 18.3 Å². The van der Waals surface area contributed by atoms with Gasteiger partial charge in [0.1, 0.15) is 11.3 Å². The third kappa shape index (κ3) is 4.90. The average Bonchev–Trinajstić information content (AvgIpc) is 3.28. The Morgan fingerprint density at radius 2 is 2.32 bits per heavy atom. The van der Waals surface area contributed by atoms with Gasteiger partial charge in [0, 0.05) is 32.1 Å². The number of nitrogens with zero attached hydrogens (tertiary/aromatic N) is 2. The smallest absolute Gasteiger partial charge is 0.341 e. The molecule has 0 aromatic carbocycles. The molecule has 0 radical (unpaired) electrons. The number of hydrogen-bond acceptors (Lipinski definition) is 6. The van der Waals surface area contributed by atoms with E-state index in [4.69, 9.17) is 13.9 Å². The molecule has 0 bridgehead atoms. The van der Waals surface area contributed by atoms with Gasteiger partial charge in [-0.15, -0.1) is 0 Å². The van der Waals surface area contributed by atoms with Crippen molar-refractivity contribution in [2.75, 3.05) is 19.8 Å². The molecule has 1 fully saturated rings. The molecule has 1 aliphatic heterocycles. The number of aromatic nitrogens is 1. The zero-order chi connectivity index (χ0) is 17.5. The van der Waals surface area contributed by atoms with Crippen LogP contribution in [0.25, 0.3) is 0 Å². The van der Waals surface area contributed by atoms with E-state index in [1.54, 1.807) is 19.2 Å². The Balaban J connectivity index is 1.72. The zero-order valence-electron chi connectivity index (χ0n) is 14.5. The number of hydrogen-bond donors (Lipinski definition) is 0. The first kappa shape index (κ1) is 17.6. The minimum Gasteiger partial charge on any atom is -0.467 e. The van der Waals surface area contributed by atoms with Crippen molar-refractivity contribution < 1.29 is 18.7 Å². The summed E-state index contributed by atoms with van der Waals surface area (Å²) in [4.78, 5) is 18.5. The molecular weight excluding hydrogens is 320 g/mol. The monoisotopic (exact) mass is 344 g/mol. The molecule has 0 aliphatic carbocycles. The molecule has 1 aliphatic rings. The Hall–Kier alpha value is -2.18. The van der Waals surface area contributed by atoms with Crippen LogP contribution in [0.2, 0.25) is 0 Å². The summed E-state index contributed by atoms with van der Waals surface area (Å²) in [6, 6.07) is 5.64. The second-order valence-electron chi connectivity index (χ2n) is 6.14. The molecule has 0 amide bonds. The van der Waals surface area contributed by atoms with Gasteiger partial charge in [-0.3, -0.25) is 9.88 Å². The third-order valence-electron chi connectivity index (χ3n) is 4.22. The topological polar surface area (TPSA) is 64.8 Å². The summed E-state index contributed by atoms with van der Waals surface area (Å²) >= 11 is 0. The summed E-state index contributed by atoms with van der Waals surface area (Å²) in [6.45, 7) is 4.99. The first-order chi connectivity index (χ1) is 12.3. The zero-order valence-corrected chi connectivity index (χ0v) is 14.5.